The van der Waals surface area contributed by atoms with Crippen molar-refractivity contribution in [3.63, 3.8) is 0 Å². The number of phenols is 1. The predicted octanol–water partition coefficient (Wildman–Crippen LogP) is 7.48. The van der Waals surface area contributed by atoms with Gasteiger partial charge in [0.2, 0.25) is 5.13 Å². The maximum atomic E-state index is 13.0. The number of hydrogen-bond acceptors (Lipinski definition) is 6. The Kier molecular flexibility index (Phi) is 5.26. The van der Waals surface area contributed by atoms with Gasteiger partial charge in [-0.05, 0) is 35.7 Å². The molecule has 0 aliphatic rings. The normalized spacial score (nSPS) is 11.4. The number of halogens is 1. The Labute approximate surface area is 191 Å². The molecular weight excluding hydrogens is 444 g/mol. The number of aromatic hydroxyl groups is 1. The first-order chi connectivity index (χ1) is 15.6. The maximum absolute atomic E-state index is 13.0. The first-order valence-corrected chi connectivity index (χ1v) is 10.9. The fraction of sp³-hybridized carbons (Fsp3) is 0. The standard InChI is InChI=1S/C24H15ClN4O2S/c25-17-9-3-4-10-18(17)26-23(31)16-13-14-7-1-2-8-15(14)21(22(16)30)28-29-24-27-19-11-5-6-12-20(19)32-24/h1-13,30H,(H,26,31). The SMILES string of the molecule is O=C(Nc1ccccc1Cl)c1cc2ccccc2c(N=Nc2nc3ccccc3s2)c1O. The average Bonchev–Trinajstić information content (AvgIpc) is 3.22. The van der Waals surface area contributed by atoms with E-state index in [0.717, 1.165) is 15.6 Å². The van der Waals surface area contributed by atoms with Crippen molar-refractivity contribution in [2.45, 2.75) is 0 Å². The minimum Gasteiger partial charge on any atom is -0.505 e. The second-order valence-electron chi connectivity index (χ2n) is 6.94. The molecule has 4 aromatic carbocycles. The molecule has 5 rings (SSSR count). The van der Waals surface area contributed by atoms with E-state index in [1.54, 1.807) is 30.3 Å². The van der Waals surface area contributed by atoms with Crippen LogP contribution in [-0.2, 0) is 0 Å². The molecule has 32 heavy (non-hydrogen) atoms. The third-order valence-corrected chi connectivity index (χ3v) is 6.13. The lowest BCUT2D eigenvalue weighted by atomic mass is 10.0. The summed E-state index contributed by atoms with van der Waals surface area (Å²) in [6.45, 7) is 0. The molecule has 1 heterocycles. The number of para-hydroxylation sites is 2. The highest BCUT2D eigenvalue weighted by molar-refractivity contribution is 7.21. The average molecular weight is 459 g/mol. The zero-order valence-corrected chi connectivity index (χ0v) is 18.1. The van der Waals surface area contributed by atoms with Crippen LogP contribution in [0.25, 0.3) is 21.0 Å². The van der Waals surface area contributed by atoms with Crippen molar-refractivity contribution in [1.29, 1.82) is 0 Å². The largest absolute Gasteiger partial charge is 0.505 e. The Morgan fingerprint density at radius 3 is 2.56 bits per heavy atom. The zero-order chi connectivity index (χ0) is 22.1. The fourth-order valence-electron chi connectivity index (χ4n) is 3.34. The van der Waals surface area contributed by atoms with E-state index >= 15 is 0 Å². The second-order valence-corrected chi connectivity index (χ2v) is 8.36. The predicted molar refractivity (Wildman–Crippen MR) is 129 cm³/mol. The van der Waals surface area contributed by atoms with Crippen LogP contribution in [0.5, 0.6) is 5.75 Å². The lowest BCUT2D eigenvalue weighted by molar-refractivity contribution is 0.102. The highest BCUT2D eigenvalue weighted by Crippen LogP contribution is 2.40. The number of phenolic OH excluding ortho intramolecular Hbond substituents is 1. The molecule has 6 nitrogen and oxygen atoms in total. The van der Waals surface area contributed by atoms with Crippen LogP contribution in [0.3, 0.4) is 0 Å². The summed E-state index contributed by atoms with van der Waals surface area (Å²) in [4.78, 5) is 17.4. The Morgan fingerprint density at radius 2 is 1.72 bits per heavy atom. The van der Waals surface area contributed by atoms with Crippen LogP contribution in [0.2, 0.25) is 5.02 Å². The molecule has 0 radical (unpaired) electrons. The molecule has 0 saturated carbocycles. The Hall–Kier alpha value is -3.81. The molecule has 156 valence electrons. The van der Waals surface area contributed by atoms with Gasteiger partial charge < -0.3 is 10.4 Å². The lowest BCUT2D eigenvalue weighted by Gasteiger charge is -2.11. The van der Waals surface area contributed by atoms with E-state index in [4.69, 9.17) is 11.6 Å². The van der Waals surface area contributed by atoms with Gasteiger partial charge >= 0.3 is 0 Å². The molecule has 8 heteroatoms. The van der Waals surface area contributed by atoms with Crippen molar-refractivity contribution in [3.8, 4) is 5.75 Å². The van der Waals surface area contributed by atoms with Crippen molar-refractivity contribution < 1.29 is 9.90 Å². The van der Waals surface area contributed by atoms with Crippen LogP contribution in [0.1, 0.15) is 10.4 Å². The van der Waals surface area contributed by atoms with Gasteiger partial charge in [0.05, 0.1) is 26.5 Å². The third kappa shape index (κ3) is 3.79. The van der Waals surface area contributed by atoms with Gasteiger partial charge in [-0.2, -0.15) is 0 Å². The van der Waals surface area contributed by atoms with E-state index in [1.165, 1.54) is 11.3 Å². The van der Waals surface area contributed by atoms with E-state index in [9.17, 15) is 9.90 Å². The molecular formula is C24H15ClN4O2S. The summed E-state index contributed by atoms with van der Waals surface area (Å²) < 4.78 is 0.989. The number of azo groups is 1. The summed E-state index contributed by atoms with van der Waals surface area (Å²) in [7, 11) is 0. The number of nitrogens with one attached hydrogen (secondary N) is 1. The van der Waals surface area contributed by atoms with Gasteiger partial charge in [-0.1, -0.05) is 71.5 Å². The zero-order valence-electron chi connectivity index (χ0n) is 16.5. The number of hydrogen-bond donors (Lipinski definition) is 2. The number of benzene rings is 4. The van der Waals surface area contributed by atoms with Gasteiger partial charge in [-0.3, -0.25) is 4.79 Å². The number of fused-ring (bicyclic) bond motifs is 2. The van der Waals surface area contributed by atoms with E-state index in [0.29, 0.717) is 21.2 Å². The number of carbonyl (C=O) groups is 1. The van der Waals surface area contributed by atoms with Gasteiger partial charge in [0, 0.05) is 5.39 Å². The van der Waals surface area contributed by atoms with Gasteiger partial charge in [-0.15, -0.1) is 10.2 Å². The van der Waals surface area contributed by atoms with Crippen LogP contribution >= 0.6 is 22.9 Å². The molecule has 5 aromatic rings. The Bertz CT molecular complexity index is 1480. The summed E-state index contributed by atoms with van der Waals surface area (Å²) in [5.74, 6) is -0.768. The molecule has 1 aromatic heterocycles. The quantitative estimate of drug-likeness (QED) is 0.274. The van der Waals surface area contributed by atoms with Crippen molar-refractivity contribution >= 4 is 66.3 Å². The molecule has 0 fully saturated rings. The molecule has 0 bridgehead atoms. The Morgan fingerprint density at radius 1 is 0.969 bits per heavy atom. The van der Waals surface area contributed by atoms with Crippen LogP contribution < -0.4 is 5.32 Å². The maximum Gasteiger partial charge on any atom is 0.259 e. The number of amides is 1. The molecule has 0 unspecified atom stereocenters. The van der Waals surface area contributed by atoms with Crippen molar-refractivity contribution in [1.82, 2.24) is 4.98 Å². The summed E-state index contributed by atoms with van der Waals surface area (Å²) >= 11 is 7.55. The number of aromatic nitrogens is 1. The van der Waals surface area contributed by atoms with Crippen LogP contribution in [0.15, 0.2) is 89.1 Å². The van der Waals surface area contributed by atoms with Gasteiger partial charge in [0.1, 0.15) is 5.69 Å². The highest BCUT2D eigenvalue weighted by Gasteiger charge is 2.19. The summed E-state index contributed by atoms with van der Waals surface area (Å²) in [6, 6.07) is 23.6. The van der Waals surface area contributed by atoms with Gasteiger partial charge in [-0.25, -0.2) is 4.98 Å². The minimum absolute atomic E-state index is 0.0712. The van der Waals surface area contributed by atoms with E-state index in [-0.39, 0.29) is 17.0 Å². The summed E-state index contributed by atoms with van der Waals surface area (Å²) in [5.41, 5.74) is 1.55. The van der Waals surface area contributed by atoms with Gasteiger partial charge in [0.15, 0.2) is 5.75 Å². The van der Waals surface area contributed by atoms with Crippen LogP contribution in [0.4, 0.5) is 16.5 Å². The second kappa shape index (κ2) is 8.37. The highest BCUT2D eigenvalue weighted by atomic mass is 35.5. The van der Waals surface area contributed by atoms with Gasteiger partial charge in [0.25, 0.3) is 5.91 Å². The third-order valence-electron chi connectivity index (χ3n) is 4.88. The lowest BCUT2D eigenvalue weighted by Crippen LogP contribution is -2.12. The fourth-order valence-corrected chi connectivity index (χ4v) is 4.31. The summed E-state index contributed by atoms with van der Waals surface area (Å²) in [6.07, 6.45) is 0. The van der Waals surface area contributed by atoms with Crippen LogP contribution in [-0.4, -0.2) is 16.0 Å². The molecule has 1 amide bonds. The van der Waals surface area contributed by atoms with E-state index in [1.807, 2.05) is 48.5 Å². The Balaban J connectivity index is 1.58. The number of carbonyl (C=O) groups excluding carboxylic acids is 1. The topological polar surface area (TPSA) is 86.9 Å². The van der Waals surface area contributed by atoms with E-state index in [2.05, 4.69) is 20.5 Å². The van der Waals surface area contributed by atoms with Crippen molar-refractivity contribution in [3.05, 3.63) is 89.4 Å². The van der Waals surface area contributed by atoms with Crippen LogP contribution in [0, 0.1) is 0 Å². The van der Waals surface area contributed by atoms with Crippen molar-refractivity contribution in [2.24, 2.45) is 10.2 Å². The number of rotatable bonds is 4. The number of anilines is 1. The first-order valence-electron chi connectivity index (χ1n) is 9.68. The molecule has 0 saturated heterocycles. The van der Waals surface area contributed by atoms with E-state index < -0.39 is 5.91 Å². The molecule has 0 atom stereocenters. The first kappa shape index (κ1) is 20.1. The monoisotopic (exact) mass is 458 g/mol. The molecule has 2 N–H and O–H groups in total. The number of thiazole rings is 1. The summed E-state index contributed by atoms with van der Waals surface area (Å²) in [5, 5.41) is 24.5. The van der Waals surface area contributed by atoms with Crippen molar-refractivity contribution in [2.75, 3.05) is 5.32 Å². The molecule has 0 aliphatic heterocycles. The minimum atomic E-state index is -0.502. The molecule has 0 spiro atoms. The smallest absolute Gasteiger partial charge is 0.259 e. The molecule has 0 aliphatic carbocycles. The number of nitrogens with zero attached hydrogens (tertiary/aromatic N) is 3.